The van der Waals surface area contributed by atoms with Gasteiger partial charge < -0.3 is 11.1 Å². The van der Waals surface area contributed by atoms with E-state index in [4.69, 9.17) is 5.73 Å². The molecule has 1 aliphatic carbocycles. The van der Waals surface area contributed by atoms with Gasteiger partial charge in [0.1, 0.15) is 0 Å². The molecule has 0 spiro atoms. The third-order valence-electron chi connectivity index (χ3n) is 4.85. The lowest BCUT2D eigenvalue weighted by Crippen LogP contribution is -2.40. The van der Waals surface area contributed by atoms with Gasteiger partial charge in [-0.05, 0) is 24.3 Å². The fourth-order valence-electron chi connectivity index (χ4n) is 3.31. The molecule has 1 aliphatic heterocycles. The van der Waals surface area contributed by atoms with Crippen LogP contribution in [0.15, 0.2) is 30.3 Å². The molecular formula is C17H26ClN3O. The molecule has 1 saturated carbocycles. The standard InChI is InChI=1S/C17H25N3O.ClH/c18-16-11-20(10-15(16)14-7-2-1-3-8-14)12-17(21)19-9-13-5-4-6-13;/h1-3,7-8,13,15-16H,4-6,9-12,18H2,(H,19,21);1H/t15-,16+;/m0./s1. The summed E-state index contributed by atoms with van der Waals surface area (Å²) in [4.78, 5) is 14.2. The first-order chi connectivity index (χ1) is 10.2. The first kappa shape index (κ1) is 17.3. The van der Waals surface area contributed by atoms with Gasteiger partial charge in [-0.15, -0.1) is 12.4 Å². The molecule has 122 valence electrons. The highest BCUT2D eigenvalue weighted by molar-refractivity contribution is 5.85. The van der Waals surface area contributed by atoms with Gasteiger partial charge in [-0.2, -0.15) is 0 Å². The Labute approximate surface area is 138 Å². The fraction of sp³-hybridized carbons (Fsp3) is 0.588. The monoisotopic (exact) mass is 323 g/mol. The van der Waals surface area contributed by atoms with Crippen LogP contribution in [-0.4, -0.2) is 43.0 Å². The molecule has 3 N–H and O–H groups in total. The molecular weight excluding hydrogens is 298 g/mol. The maximum absolute atomic E-state index is 12.0. The van der Waals surface area contributed by atoms with Gasteiger partial charge in [-0.1, -0.05) is 36.8 Å². The van der Waals surface area contributed by atoms with E-state index >= 15 is 0 Å². The smallest absolute Gasteiger partial charge is 0.234 e. The number of halogens is 1. The van der Waals surface area contributed by atoms with Crippen LogP contribution in [0.1, 0.15) is 30.7 Å². The van der Waals surface area contributed by atoms with E-state index in [0.29, 0.717) is 18.4 Å². The van der Waals surface area contributed by atoms with Crippen molar-refractivity contribution < 1.29 is 4.79 Å². The second kappa shape index (κ2) is 7.95. The number of benzene rings is 1. The van der Waals surface area contributed by atoms with E-state index in [2.05, 4.69) is 34.5 Å². The quantitative estimate of drug-likeness (QED) is 0.868. The van der Waals surface area contributed by atoms with Crippen LogP contribution in [0.2, 0.25) is 0 Å². The van der Waals surface area contributed by atoms with E-state index in [-0.39, 0.29) is 24.4 Å². The van der Waals surface area contributed by atoms with Crippen molar-refractivity contribution in [1.82, 2.24) is 10.2 Å². The highest BCUT2D eigenvalue weighted by Crippen LogP contribution is 2.26. The lowest BCUT2D eigenvalue weighted by molar-refractivity contribution is -0.122. The third kappa shape index (κ3) is 4.22. The number of hydrogen-bond acceptors (Lipinski definition) is 3. The van der Waals surface area contributed by atoms with Crippen molar-refractivity contribution in [2.45, 2.75) is 31.2 Å². The van der Waals surface area contributed by atoms with Gasteiger partial charge in [-0.3, -0.25) is 9.69 Å². The predicted octanol–water partition coefficient (Wildman–Crippen LogP) is 1.75. The molecule has 0 radical (unpaired) electrons. The molecule has 0 bridgehead atoms. The zero-order valence-electron chi connectivity index (χ0n) is 12.9. The molecule has 4 nitrogen and oxygen atoms in total. The average Bonchev–Trinajstić information content (AvgIpc) is 2.78. The largest absolute Gasteiger partial charge is 0.355 e. The van der Waals surface area contributed by atoms with Crippen molar-refractivity contribution in [2.75, 3.05) is 26.2 Å². The summed E-state index contributed by atoms with van der Waals surface area (Å²) in [6, 6.07) is 10.5. The van der Waals surface area contributed by atoms with Gasteiger partial charge >= 0.3 is 0 Å². The van der Waals surface area contributed by atoms with Crippen molar-refractivity contribution >= 4 is 18.3 Å². The summed E-state index contributed by atoms with van der Waals surface area (Å²) in [6.45, 7) is 3.00. The minimum Gasteiger partial charge on any atom is -0.355 e. The fourth-order valence-corrected chi connectivity index (χ4v) is 3.31. The van der Waals surface area contributed by atoms with E-state index in [0.717, 1.165) is 19.6 Å². The maximum atomic E-state index is 12.0. The Kier molecular flexibility index (Phi) is 6.24. The van der Waals surface area contributed by atoms with E-state index in [1.54, 1.807) is 0 Å². The summed E-state index contributed by atoms with van der Waals surface area (Å²) < 4.78 is 0. The van der Waals surface area contributed by atoms with Crippen molar-refractivity contribution in [3.63, 3.8) is 0 Å². The number of nitrogens with one attached hydrogen (secondary N) is 1. The van der Waals surface area contributed by atoms with E-state index in [9.17, 15) is 4.79 Å². The van der Waals surface area contributed by atoms with Crippen LogP contribution in [-0.2, 0) is 4.79 Å². The normalized spacial score (nSPS) is 25.3. The van der Waals surface area contributed by atoms with E-state index in [1.165, 1.54) is 24.8 Å². The van der Waals surface area contributed by atoms with E-state index in [1.807, 2.05) is 6.07 Å². The molecule has 2 atom stereocenters. The molecule has 1 aromatic carbocycles. The van der Waals surface area contributed by atoms with Gasteiger partial charge in [0.15, 0.2) is 0 Å². The maximum Gasteiger partial charge on any atom is 0.234 e. The minimum absolute atomic E-state index is 0. The van der Waals surface area contributed by atoms with Crippen LogP contribution in [0.5, 0.6) is 0 Å². The number of carbonyl (C=O) groups is 1. The summed E-state index contributed by atoms with van der Waals surface area (Å²) in [5.74, 6) is 1.19. The Morgan fingerprint density at radius 3 is 2.59 bits per heavy atom. The summed E-state index contributed by atoms with van der Waals surface area (Å²) in [6.07, 6.45) is 3.86. The summed E-state index contributed by atoms with van der Waals surface area (Å²) in [5.41, 5.74) is 7.54. The number of nitrogens with zero attached hydrogens (tertiary/aromatic N) is 1. The molecule has 0 unspecified atom stereocenters. The molecule has 3 rings (SSSR count). The van der Waals surface area contributed by atoms with Gasteiger partial charge in [0.25, 0.3) is 0 Å². The molecule has 0 aromatic heterocycles. The Bertz CT molecular complexity index is 478. The number of hydrogen-bond donors (Lipinski definition) is 2. The van der Waals surface area contributed by atoms with Crippen molar-refractivity contribution in [3.05, 3.63) is 35.9 Å². The Balaban J connectivity index is 0.00000176. The van der Waals surface area contributed by atoms with Crippen molar-refractivity contribution in [2.24, 2.45) is 11.7 Å². The van der Waals surface area contributed by atoms with Crippen LogP contribution in [0.3, 0.4) is 0 Å². The average molecular weight is 324 g/mol. The van der Waals surface area contributed by atoms with Gasteiger partial charge in [0.05, 0.1) is 6.54 Å². The Morgan fingerprint density at radius 2 is 1.95 bits per heavy atom. The van der Waals surface area contributed by atoms with Gasteiger partial charge in [0, 0.05) is 31.6 Å². The molecule has 2 aliphatic rings. The van der Waals surface area contributed by atoms with Crippen LogP contribution in [0, 0.1) is 5.92 Å². The Hall–Kier alpha value is -1.10. The number of rotatable bonds is 5. The zero-order chi connectivity index (χ0) is 14.7. The zero-order valence-corrected chi connectivity index (χ0v) is 13.7. The molecule has 5 heteroatoms. The second-order valence-electron chi connectivity index (χ2n) is 6.48. The van der Waals surface area contributed by atoms with Crippen LogP contribution < -0.4 is 11.1 Å². The van der Waals surface area contributed by atoms with E-state index < -0.39 is 0 Å². The lowest BCUT2D eigenvalue weighted by atomic mass is 9.85. The number of amides is 1. The third-order valence-corrected chi connectivity index (χ3v) is 4.85. The second-order valence-corrected chi connectivity index (χ2v) is 6.48. The van der Waals surface area contributed by atoms with Gasteiger partial charge in [0.2, 0.25) is 5.91 Å². The summed E-state index contributed by atoms with van der Waals surface area (Å²) >= 11 is 0. The molecule has 1 saturated heterocycles. The summed E-state index contributed by atoms with van der Waals surface area (Å²) in [5, 5.41) is 3.06. The number of likely N-dealkylation sites (tertiary alicyclic amines) is 1. The van der Waals surface area contributed by atoms with Crippen LogP contribution in [0.4, 0.5) is 0 Å². The summed E-state index contributed by atoms with van der Waals surface area (Å²) in [7, 11) is 0. The first-order valence-electron chi connectivity index (χ1n) is 8.02. The molecule has 1 heterocycles. The molecule has 1 amide bonds. The highest BCUT2D eigenvalue weighted by atomic mass is 35.5. The van der Waals surface area contributed by atoms with Gasteiger partial charge in [-0.25, -0.2) is 0 Å². The van der Waals surface area contributed by atoms with Crippen LogP contribution >= 0.6 is 12.4 Å². The van der Waals surface area contributed by atoms with Crippen LogP contribution in [0.25, 0.3) is 0 Å². The van der Waals surface area contributed by atoms with Crippen molar-refractivity contribution in [3.8, 4) is 0 Å². The SMILES string of the molecule is Cl.N[C@@H]1CN(CC(=O)NCC2CCC2)C[C@H]1c1ccccc1. The molecule has 22 heavy (non-hydrogen) atoms. The number of nitrogens with two attached hydrogens (primary N) is 1. The minimum atomic E-state index is 0. The van der Waals surface area contributed by atoms with Crippen molar-refractivity contribution in [1.29, 1.82) is 0 Å². The highest BCUT2D eigenvalue weighted by Gasteiger charge is 2.32. The molecule has 1 aromatic rings. The first-order valence-corrected chi connectivity index (χ1v) is 8.02. The molecule has 2 fully saturated rings. The predicted molar refractivity (Wildman–Crippen MR) is 91.2 cm³/mol. The Morgan fingerprint density at radius 1 is 1.23 bits per heavy atom. The number of carbonyl (C=O) groups excluding carboxylic acids is 1. The lowest BCUT2D eigenvalue weighted by Gasteiger charge is -2.25. The topological polar surface area (TPSA) is 58.4 Å².